The van der Waals surface area contributed by atoms with Crippen LogP contribution in [0.25, 0.3) is 0 Å². The lowest BCUT2D eigenvalue weighted by molar-refractivity contribution is -0.117. The van der Waals surface area contributed by atoms with Crippen molar-refractivity contribution in [2.24, 2.45) is 0 Å². The zero-order valence-electron chi connectivity index (χ0n) is 15.7. The predicted molar refractivity (Wildman–Crippen MR) is 109 cm³/mol. The number of amides is 1. The van der Waals surface area contributed by atoms with Crippen molar-refractivity contribution >= 4 is 23.2 Å². The number of nitrogens with zero attached hydrogens (tertiary/aromatic N) is 2. The van der Waals surface area contributed by atoms with Crippen LogP contribution in [0.5, 0.6) is 11.5 Å². The van der Waals surface area contributed by atoms with E-state index < -0.39 is 0 Å². The Balaban J connectivity index is 1.27. The summed E-state index contributed by atoms with van der Waals surface area (Å²) in [4.78, 5) is 16.9. The molecule has 2 aliphatic heterocycles. The molecule has 1 amide bonds. The van der Waals surface area contributed by atoms with Gasteiger partial charge in [-0.25, -0.2) is 0 Å². The van der Waals surface area contributed by atoms with Crippen LogP contribution in [-0.4, -0.2) is 61.6 Å². The molecule has 28 heavy (non-hydrogen) atoms. The molecule has 0 radical (unpaired) electrons. The normalized spacial score (nSPS) is 17.3. The highest BCUT2D eigenvalue weighted by Gasteiger charge is 2.22. The van der Waals surface area contributed by atoms with Gasteiger partial charge in [-0.1, -0.05) is 35.9 Å². The smallest absolute Gasteiger partial charge is 0.238 e. The summed E-state index contributed by atoms with van der Waals surface area (Å²) in [6.45, 7) is 5.91. The van der Waals surface area contributed by atoms with Gasteiger partial charge in [0.15, 0.2) is 11.5 Å². The van der Waals surface area contributed by atoms with Crippen LogP contribution in [-0.2, 0) is 11.3 Å². The Hall–Kier alpha value is -2.28. The molecular weight excluding hydrogens is 378 g/mol. The summed E-state index contributed by atoms with van der Waals surface area (Å²) in [5.74, 6) is 1.66. The number of piperazine rings is 1. The molecule has 0 aliphatic carbocycles. The first kappa shape index (κ1) is 19.1. The van der Waals surface area contributed by atoms with E-state index in [1.54, 1.807) is 6.07 Å². The van der Waals surface area contributed by atoms with Gasteiger partial charge < -0.3 is 14.8 Å². The van der Waals surface area contributed by atoms with Crippen LogP contribution < -0.4 is 14.8 Å². The van der Waals surface area contributed by atoms with Crippen LogP contribution in [0.3, 0.4) is 0 Å². The number of hydrogen-bond donors (Lipinski definition) is 1. The largest absolute Gasteiger partial charge is 0.486 e. The molecule has 2 aliphatic rings. The third-order valence-electron chi connectivity index (χ3n) is 5.02. The van der Waals surface area contributed by atoms with Gasteiger partial charge in [0.2, 0.25) is 5.91 Å². The molecule has 7 heteroatoms. The fourth-order valence-corrected chi connectivity index (χ4v) is 3.74. The molecule has 2 aromatic carbocycles. The van der Waals surface area contributed by atoms with Gasteiger partial charge in [0.05, 0.1) is 17.3 Å². The van der Waals surface area contributed by atoms with Crippen LogP contribution in [0.1, 0.15) is 5.56 Å². The van der Waals surface area contributed by atoms with Gasteiger partial charge in [-0.2, -0.15) is 0 Å². The highest BCUT2D eigenvalue weighted by molar-refractivity contribution is 6.33. The van der Waals surface area contributed by atoms with E-state index in [-0.39, 0.29) is 5.91 Å². The van der Waals surface area contributed by atoms with Crippen LogP contribution in [0.4, 0.5) is 5.69 Å². The maximum atomic E-state index is 12.3. The summed E-state index contributed by atoms with van der Waals surface area (Å²) in [6.07, 6.45) is 0. The number of anilines is 1. The van der Waals surface area contributed by atoms with E-state index in [1.165, 1.54) is 0 Å². The van der Waals surface area contributed by atoms with E-state index in [4.69, 9.17) is 21.1 Å². The third kappa shape index (κ3) is 4.58. The number of carbonyl (C=O) groups excluding carboxylic acids is 1. The third-order valence-corrected chi connectivity index (χ3v) is 5.35. The van der Waals surface area contributed by atoms with Crippen molar-refractivity contribution in [2.75, 3.05) is 51.3 Å². The molecule has 4 rings (SSSR count). The Kier molecular flexibility index (Phi) is 6.00. The molecule has 6 nitrogen and oxygen atoms in total. The second-order valence-electron chi connectivity index (χ2n) is 7.02. The minimum Gasteiger partial charge on any atom is -0.486 e. The fraction of sp³-hybridized carbons (Fsp3) is 0.381. The quantitative estimate of drug-likeness (QED) is 0.834. The van der Waals surface area contributed by atoms with Crippen LogP contribution in [0.2, 0.25) is 5.02 Å². The van der Waals surface area contributed by atoms with E-state index >= 15 is 0 Å². The van der Waals surface area contributed by atoms with E-state index in [2.05, 4.69) is 21.2 Å². The Morgan fingerprint density at radius 3 is 2.54 bits per heavy atom. The fourth-order valence-electron chi connectivity index (χ4n) is 3.56. The Morgan fingerprint density at radius 1 is 0.964 bits per heavy atom. The van der Waals surface area contributed by atoms with Gasteiger partial charge in [-0.05, 0) is 18.2 Å². The molecule has 148 valence electrons. The summed E-state index contributed by atoms with van der Waals surface area (Å²) in [7, 11) is 0. The minimum absolute atomic E-state index is 0.0378. The Bertz CT molecular complexity index is 837. The average molecular weight is 402 g/mol. The Morgan fingerprint density at radius 2 is 1.71 bits per heavy atom. The lowest BCUT2D eigenvalue weighted by Gasteiger charge is -2.34. The van der Waals surface area contributed by atoms with Crippen molar-refractivity contribution < 1.29 is 14.3 Å². The van der Waals surface area contributed by atoms with Crippen molar-refractivity contribution in [3.05, 3.63) is 53.1 Å². The first-order valence-electron chi connectivity index (χ1n) is 9.55. The van der Waals surface area contributed by atoms with Crippen molar-refractivity contribution in [1.82, 2.24) is 9.80 Å². The molecule has 2 aromatic rings. The average Bonchev–Trinajstić information content (AvgIpc) is 2.71. The lowest BCUT2D eigenvalue weighted by Crippen LogP contribution is -2.48. The van der Waals surface area contributed by atoms with E-state index in [0.29, 0.717) is 30.5 Å². The van der Waals surface area contributed by atoms with Gasteiger partial charge in [0.25, 0.3) is 0 Å². The molecular formula is C21H24ClN3O3. The SMILES string of the molecule is O=C(CN1CCN(Cc2cccc3c2OCCO3)CC1)Nc1ccccc1Cl. The maximum absolute atomic E-state index is 12.3. The number of hydrogen-bond acceptors (Lipinski definition) is 5. The second-order valence-corrected chi connectivity index (χ2v) is 7.43. The molecule has 0 unspecified atom stereocenters. The van der Waals surface area contributed by atoms with Gasteiger partial charge in [-0.15, -0.1) is 0 Å². The molecule has 0 atom stereocenters. The van der Waals surface area contributed by atoms with Crippen LogP contribution in [0.15, 0.2) is 42.5 Å². The standard InChI is InChI=1S/C21H24ClN3O3/c22-17-5-1-2-6-18(17)23-20(26)15-25-10-8-24(9-11-25)14-16-4-3-7-19-21(16)28-13-12-27-19/h1-7H,8-15H2,(H,23,26). The summed E-state index contributed by atoms with van der Waals surface area (Å²) < 4.78 is 11.5. The van der Waals surface area contributed by atoms with Crippen molar-refractivity contribution in [1.29, 1.82) is 0 Å². The van der Waals surface area contributed by atoms with Crippen molar-refractivity contribution in [3.63, 3.8) is 0 Å². The number of halogens is 1. The van der Waals surface area contributed by atoms with Gasteiger partial charge >= 0.3 is 0 Å². The lowest BCUT2D eigenvalue weighted by atomic mass is 10.1. The highest BCUT2D eigenvalue weighted by atomic mass is 35.5. The summed E-state index contributed by atoms with van der Waals surface area (Å²) in [5, 5.41) is 3.44. The molecule has 1 fully saturated rings. The number of nitrogens with one attached hydrogen (secondary N) is 1. The summed E-state index contributed by atoms with van der Waals surface area (Å²) in [6, 6.07) is 13.3. The van der Waals surface area contributed by atoms with E-state index in [1.807, 2.05) is 30.3 Å². The van der Waals surface area contributed by atoms with E-state index in [0.717, 1.165) is 49.8 Å². The number of benzene rings is 2. The van der Waals surface area contributed by atoms with E-state index in [9.17, 15) is 4.79 Å². The number of rotatable bonds is 5. The zero-order chi connectivity index (χ0) is 19.3. The van der Waals surface area contributed by atoms with Gasteiger partial charge in [0, 0.05) is 38.3 Å². The van der Waals surface area contributed by atoms with Gasteiger partial charge in [0.1, 0.15) is 13.2 Å². The molecule has 1 N–H and O–H groups in total. The van der Waals surface area contributed by atoms with Crippen molar-refractivity contribution in [3.8, 4) is 11.5 Å². The minimum atomic E-state index is -0.0378. The number of fused-ring (bicyclic) bond motifs is 1. The number of ether oxygens (including phenoxy) is 2. The topological polar surface area (TPSA) is 54.0 Å². The summed E-state index contributed by atoms with van der Waals surface area (Å²) >= 11 is 6.10. The molecule has 0 saturated carbocycles. The van der Waals surface area contributed by atoms with Crippen LogP contribution in [0, 0.1) is 0 Å². The molecule has 0 aromatic heterocycles. The molecule has 0 bridgehead atoms. The monoisotopic (exact) mass is 401 g/mol. The van der Waals surface area contributed by atoms with Crippen molar-refractivity contribution in [2.45, 2.75) is 6.54 Å². The molecule has 1 saturated heterocycles. The zero-order valence-corrected chi connectivity index (χ0v) is 16.5. The first-order chi connectivity index (χ1) is 13.7. The Labute approximate surface area is 170 Å². The maximum Gasteiger partial charge on any atom is 0.238 e. The first-order valence-corrected chi connectivity index (χ1v) is 9.93. The summed E-state index contributed by atoms with van der Waals surface area (Å²) in [5.41, 5.74) is 1.81. The number of para-hydroxylation sites is 2. The second kappa shape index (κ2) is 8.82. The predicted octanol–water partition coefficient (Wildman–Crippen LogP) is 2.87. The van der Waals surface area contributed by atoms with Gasteiger partial charge in [-0.3, -0.25) is 14.6 Å². The van der Waals surface area contributed by atoms with Crippen LogP contribution >= 0.6 is 11.6 Å². The molecule has 0 spiro atoms. The highest BCUT2D eigenvalue weighted by Crippen LogP contribution is 2.34. The molecule has 2 heterocycles. The number of carbonyl (C=O) groups is 1.